The summed E-state index contributed by atoms with van der Waals surface area (Å²) in [6.45, 7) is 0. The number of hydrogen-bond donors (Lipinski definition) is 0. The van der Waals surface area contributed by atoms with Crippen LogP contribution in [-0.4, -0.2) is 0 Å². The Kier molecular flexibility index (Phi) is 8.42. The first kappa shape index (κ1) is 34.0. The van der Waals surface area contributed by atoms with E-state index in [4.69, 9.17) is 0 Å². The minimum atomic E-state index is 1.09. The maximum atomic E-state index is 2.48. The molecule has 1 heterocycles. The van der Waals surface area contributed by atoms with Gasteiger partial charge in [-0.15, -0.1) is 11.3 Å². The van der Waals surface area contributed by atoms with Gasteiger partial charge in [0.05, 0.1) is 11.4 Å². The summed E-state index contributed by atoms with van der Waals surface area (Å²) in [6.07, 6.45) is 0. The zero-order chi connectivity index (χ0) is 38.4. The monoisotopic (exact) mass is 755 g/mol. The van der Waals surface area contributed by atoms with Gasteiger partial charge < -0.3 is 4.90 Å². The molecule has 0 bridgehead atoms. The smallest absolute Gasteiger partial charge is 0.0540 e. The second-order valence-electron chi connectivity index (χ2n) is 14.8. The summed E-state index contributed by atoms with van der Waals surface area (Å²) in [5, 5.41) is 7.56. The van der Waals surface area contributed by atoms with Crippen LogP contribution in [0.3, 0.4) is 0 Å². The van der Waals surface area contributed by atoms with Crippen molar-refractivity contribution in [2.75, 3.05) is 4.90 Å². The van der Waals surface area contributed by atoms with Crippen LogP contribution in [0.15, 0.2) is 224 Å². The van der Waals surface area contributed by atoms with Crippen LogP contribution >= 0.6 is 11.3 Å². The highest BCUT2D eigenvalue weighted by molar-refractivity contribution is 7.25. The van der Waals surface area contributed by atoms with E-state index in [2.05, 4.69) is 229 Å². The van der Waals surface area contributed by atoms with E-state index in [1.54, 1.807) is 0 Å². The molecule has 0 N–H and O–H groups in total. The second kappa shape index (κ2) is 14.4. The minimum absolute atomic E-state index is 1.09. The van der Waals surface area contributed by atoms with Crippen LogP contribution in [-0.2, 0) is 0 Å². The molecule has 11 rings (SSSR count). The summed E-state index contributed by atoms with van der Waals surface area (Å²) in [6, 6.07) is 82.0. The van der Waals surface area contributed by atoms with E-state index in [1.807, 2.05) is 11.3 Å². The van der Waals surface area contributed by atoms with Gasteiger partial charge in [-0.25, -0.2) is 0 Å². The van der Waals surface area contributed by atoms with Crippen molar-refractivity contribution in [3.05, 3.63) is 224 Å². The van der Waals surface area contributed by atoms with Gasteiger partial charge in [-0.05, 0) is 91.3 Å². The first-order valence-corrected chi connectivity index (χ1v) is 20.7. The molecule has 0 saturated carbocycles. The first-order valence-electron chi connectivity index (χ1n) is 19.8. The lowest BCUT2D eigenvalue weighted by Gasteiger charge is -2.30. The predicted molar refractivity (Wildman–Crippen MR) is 251 cm³/mol. The van der Waals surface area contributed by atoms with Crippen molar-refractivity contribution in [1.82, 2.24) is 0 Å². The normalized spacial score (nSPS) is 11.4. The van der Waals surface area contributed by atoms with Crippen molar-refractivity contribution in [1.29, 1.82) is 0 Å². The molecule has 0 atom stereocenters. The minimum Gasteiger partial charge on any atom is -0.309 e. The van der Waals surface area contributed by atoms with E-state index in [9.17, 15) is 0 Å². The van der Waals surface area contributed by atoms with Gasteiger partial charge in [0.1, 0.15) is 0 Å². The van der Waals surface area contributed by atoms with Crippen LogP contribution in [0.25, 0.3) is 86.2 Å². The summed E-state index contributed by atoms with van der Waals surface area (Å²) in [5.41, 5.74) is 13.0. The maximum Gasteiger partial charge on any atom is 0.0540 e. The number of nitrogens with zero attached hydrogens (tertiary/aromatic N) is 1. The fourth-order valence-electron chi connectivity index (χ4n) is 8.89. The van der Waals surface area contributed by atoms with E-state index in [0.29, 0.717) is 0 Å². The molecule has 0 spiro atoms. The van der Waals surface area contributed by atoms with E-state index in [0.717, 1.165) is 17.1 Å². The van der Waals surface area contributed by atoms with Crippen molar-refractivity contribution in [3.8, 4) is 44.5 Å². The number of para-hydroxylation sites is 2. The largest absolute Gasteiger partial charge is 0.309 e. The van der Waals surface area contributed by atoms with Gasteiger partial charge in [0, 0.05) is 37.0 Å². The molecule has 0 fully saturated rings. The van der Waals surface area contributed by atoms with Gasteiger partial charge >= 0.3 is 0 Å². The first-order chi connectivity index (χ1) is 28.8. The highest BCUT2D eigenvalue weighted by atomic mass is 32.1. The summed E-state index contributed by atoms with van der Waals surface area (Å²) >= 11 is 1.86. The lowest BCUT2D eigenvalue weighted by molar-refractivity contribution is 1.29. The Morgan fingerprint density at radius 3 is 1.50 bits per heavy atom. The molecule has 11 aromatic rings. The number of hydrogen-bond acceptors (Lipinski definition) is 2. The van der Waals surface area contributed by atoms with Gasteiger partial charge in [0.2, 0.25) is 0 Å². The van der Waals surface area contributed by atoms with Crippen LogP contribution in [0.4, 0.5) is 17.1 Å². The Morgan fingerprint density at radius 2 is 0.759 bits per heavy atom. The molecular formula is C56H37NS. The number of thiophene rings is 1. The highest BCUT2D eigenvalue weighted by Gasteiger charge is 2.23. The van der Waals surface area contributed by atoms with E-state index >= 15 is 0 Å². The van der Waals surface area contributed by atoms with Gasteiger partial charge in [-0.2, -0.15) is 0 Å². The van der Waals surface area contributed by atoms with Crippen LogP contribution in [0.2, 0.25) is 0 Å². The maximum absolute atomic E-state index is 2.48. The van der Waals surface area contributed by atoms with Gasteiger partial charge in [-0.3, -0.25) is 0 Å². The fourth-order valence-corrected chi connectivity index (χ4v) is 10.0. The molecule has 0 aliphatic rings. The Labute approximate surface area is 342 Å². The molecule has 0 aliphatic heterocycles. The van der Waals surface area contributed by atoms with Crippen molar-refractivity contribution < 1.29 is 0 Å². The van der Waals surface area contributed by atoms with E-state index in [1.165, 1.54) is 86.2 Å². The Balaban J connectivity index is 1.17. The van der Waals surface area contributed by atoms with Crippen LogP contribution < -0.4 is 4.90 Å². The number of fused-ring (bicyclic) bond motifs is 5. The zero-order valence-electron chi connectivity index (χ0n) is 31.7. The van der Waals surface area contributed by atoms with Gasteiger partial charge in [0.15, 0.2) is 0 Å². The molecule has 272 valence electrons. The zero-order valence-corrected chi connectivity index (χ0v) is 32.5. The van der Waals surface area contributed by atoms with Crippen LogP contribution in [0.5, 0.6) is 0 Å². The Hall–Kier alpha value is -7.26. The van der Waals surface area contributed by atoms with Crippen molar-refractivity contribution in [2.24, 2.45) is 0 Å². The average molecular weight is 756 g/mol. The lowest BCUT2D eigenvalue weighted by Crippen LogP contribution is -2.12. The molecule has 2 heteroatoms. The molecule has 0 amide bonds. The third-order valence-corrected chi connectivity index (χ3v) is 12.6. The topological polar surface area (TPSA) is 3.24 Å². The molecule has 0 saturated heterocycles. The predicted octanol–water partition coefficient (Wildman–Crippen LogP) is 16.5. The molecule has 1 aromatic heterocycles. The van der Waals surface area contributed by atoms with Crippen LogP contribution in [0.1, 0.15) is 0 Å². The molecule has 1 nitrogen and oxygen atoms in total. The van der Waals surface area contributed by atoms with Gasteiger partial charge in [-0.1, -0.05) is 188 Å². The Morgan fingerprint density at radius 1 is 0.276 bits per heavy atom. The standard InChI is InChI=1S/C56H37NS/c1-2-16-39(17-3-1)45-27-13-20-41-21-14-28-48(55(41)45)46-23-6-9-30-51(46)57(42-36-34-40(35-37-42)44-26-12-19-38-18-4-5-22-43(38)44)52-31-10-7-24-47(52)49-29-15-33-54-56(49)50-25-8-11-32-53(50)58-54/h1-37H. The number of benzene rings is 10. The molecule has 0 radical (unpaired) electrons. The highest BCUT2D eigenvalue weighted by Crippen LogP contribution is 2.49. The Bertz CT molecular complexity index is 3270. The SMILES string of the molecule is c1ccc(-c2cccc3cccc(-c4ccccc4N(c4ccc(-c5cccc6ccccc56)cc4)c4ccccc4-c4cccc5sc6ccccc6c45)c23)cc1. The molecule has 58 heavy (non-hydrogen) atoms. The number of rotatable bonds is 7. The average Bonchev–Trinajstić information content (AvgIpc) is 3.69. The molecule has 0 aliphatic carbocycles. The van der Waals surface area contributed by atoms with Crippen molar-refractivity contribution >= 4 is 70.1 Å². The van der Waals surface area contributed by atoms with E-state index < -0.39 is 0 Å². The van der Waals surface area contributed by atoms with Gasteiger partial charge in [0.25, 0.3) is 0 Å². The van der Waals surface area contributed by atoms with E-state index in [-0.39, 0.29) is 0 Å². The van der Waals surface area contributed by atoms with Crippen molar-refractivity contribution in [3.63, 3.8) is 0 Å². The van der Waals surface area contributed by atoms with Crippen LogP contribution in [0, 0.1) is 0 Å². The summed E-state index contributed by atoms with van der Waals surface area (Å²) in [7, 11) is 0. The van der Waals surface area contributed by atoms with Crippen molar-refractivity contribution in [2.45, 2.75) is 0 Å². The third kappa shape index (κ3) is 5.77. The number of anilines is 3. The summed E-state index contributed by atoms with van der Waals surface area (Å²) < 4.78 is 2.60. The third-order valence-electron chi connectivity index (χ3n) is 11.5. The molecular weight excluding hydrogens is 719 g/mol. The molecule has 10 aromatic carbocycles. The molecule has 0 unspecified atom stereocenters. The summed E-state index contributed by atoms with van der Waals surface area (Å²) in [5.74, 6) is 0. The summed E-state index contributed by atoms with van der Waals surface area (Å²) in [4.78, 5) is 2.48. The lowest BCUT2D eigenvalue weighted by atomic mass is 9.90. The quantitative estimate of drug-likeness (QED) is 0.157. The second-order valence-corrected chi connectivity index (χ2v) is 15.9. The fraction of sp³-hybridized carbons (Fsp3) is 0.